The van der Waals surface area contributed by atoms with Crippen LogP contribution in [0.15, 0.2) is 4.47 Å². The summed E-state index contributed by atoms with van der Waals surface area (Å²) < 4.78 is 2.95. The second-order valence-electron chi connectivity index (χ2n) is 3.28. The third-order valence-electron chi connectivity index (χ3n) is 2.50. The Morgan fingerprint density at radius 2 is 2.12 bits per heavy atom. The molecule has 1 aromatic heterocycles. The molecule has 0 unspecified atom stereocenters. The number of hydrogen-bond donors (Lipinski definition) is 1. The van der Waals surface area contributed by atoms with Crippen molar-refractivity contribution in [1.29, 1.82) is 0 Å². The Labute approximate surface area is 109 Å². The SMILES string of the molecule is CC.Cc1c(Br)c(CCl)n2c1C(=O)NCC2. The number of nitrogens with zero attached hydrogens (tertiary/aromatic N) is 1. The Morgan fingerprint density at radius 1 is 1.50 bits per heavy atom. The number of hydrogen-bond acceptors (Lipinski definition) is 1. The molecular weight excluding hydrogens is 291 g/mol. The molecule has 2 rings (SSSR count). The first-order valence-electron chi connectivity index (χ1n) is 5.38. The van der Waals surface area contributed by atoms with Crippen molar-refractivity contribution >= 4 is 33.4 Å². The van der Waals surface area contributed by atoms with Gasteiger partial charge in [-0.1, -0.05) is 13.8 Å². The van der Waals surface area contributed by atoms with Crippen LogP contribution in [0.3, 0.4) is 0 Å². The first-order chi connectivity index (χ1) is 7.66. The molecule has 1 aliphatic rings. The molecule has 0 radical (unpaired) electrons. The van der Waals surface area contributed by atoms with Crippen molar-refractivity contribution in [2.45, 2.75) is 33.2 Å². The van der Waals surface area contributed by atoms with Crippen molar-refractivity contribution in [2.75, 3.05) is 6.54 Å². The highest BCUT2D eigenvalue weighted by atomic mass is 79.9. The summed E-state index contributed by atoms with van der Waals surface area (Å²) in [7, 11) is 0. The number of amides is 1. The molecule has 0 aliphatic carbocycles. The molecule has 16 heavy (non-hydrogen) atoms. The lowest BCUT2D eigenvalue weighted by molar-refractivity contribution is 0.0926. The highest BCUT2D eigenvalue weighted by molar-refractivity contribution is 9.10. The summed E-state index contributed by atoms with van der Waals surface area (Å²) >= 11 is 9.31. The molecule has 90 valence electrons. The number of carbonyl (C=O) groups is 1. The highest BCUT2D eigenvalue weighted by Gasteiger charge is 2.25. The van der Waals surface area contributed by atoms with Gasteiger partial charge in [0.2, 0.25) is 0 Å². The van der Waals surface area contributed by atoms with Crippen LogP contribution in [0.2, 0.25) is 0 Å². The maximum atomic E-state index is 11.6. The Hall–Kier alpha value is -0.480. The fourth-order valence-corrected chi connectivity index (χ4v) is 2.79. The third kappa shape index (κ3) is 2.13. The van der Waals surface area contributed by atoms with Gasteiger partial charge in [-0.3, -0.25) is 4.79 Å². The van der Waals surface area contributed by atoms with Crippen molar-refractivity contribution < 1.29 is 4.79 Å². The number of nitrogens with one attached hydrogen (secondary N) is 1. The van der Waals surface area contributed by atoms with Crippen molar-refractivity contribution in [1.82, 2.24) is 9.88 Å². The van der Waals surface area contributed by atoms with Crippen molar-refractivity contribution in [2.24, 2.45) is 0 Å². The molecule has 5 heteroatoms. The molecule has 0 atom stereocenters. The lowest BCUT2D eigenvalue weighted by Gasteiger charge is -2.18. The zero-order valence-electron chi connectivity index (χ0n) is 9.73. The molecule has 0 aromatic carbocycles. The van der Waals surface area contributed by atoms with E-state index in [9.17, 15) is 4.79 Å². The number of fused-ring (bicyclic) bond motifs is 1. The number of carbonyl (C=O) groups excluding carboxylic acids is 1. The van der Waals surface area contributed by atoms with Gasteiger partial charge in [0, 0.05) is 23.3 Å². The maximum Gasteiger partial charge on any atom is 0.268 e. The lowest BCUT2D eigenvalue weighted by atomic mass is 10.2. The average molecular weight is 308 g/mol. The summed E-state index contributed by atoms with van der Waals surface area (Å²) in [4.78, 5) is 11.6. The second-order valence-corrected chi connectivity index (χ2v) is 4.34. The number of alkyl halides is 1. The summed E-state index contributed by atoms with van der Waals surface area (Å²) in [6, 6.07) is 0. The van der Waals surface area contributed by atoms with Crippen LogP contribution in [-0.2, 0) is 12.4 Å². The minimum absolute atomic E-state index is 0.00850. The molecule has 0 saturated carbocycles. The molecule has 1 amide bonds. The first-order valence-corrected chi connectivity index (χ1v) is 6.71. The summed E-state index contributed by atoms with van der Waals surface area (Å²) in [6.45, 7) is 7.41. The van der Waals surface area contributed by atoms with E-state index in [0.717, 1.165) is 28.0 Å². The van der Waals surface area contributed by atoms with E-state index >= 15 is 0 Å². The van der Waals surface area contributed by atoms with Crippen LogP contribution in [-0.4, -0.2) is 17.0 Å². The Kier molecular flexibility index (Phi) is 4.87. The van der Waals surface area contributed by atoms with Gasteiger partial charge in [0.1, 0.15) is 5.69 Å². The standard InChI is InChI=1S/C9H10BrClN2O.C2H6/c1-5-7(10)6(4-11)13-3-2-12-9(14)8(5)13;1-2/h2-4H2,1H3,(H,12,14);1-2H3. The van der Waals surface area contributed by atoms with E-state index < -0.39 is 0 Å². The van der Waals surface area contributed by atoms with E-state index in [-0.39, 0.29) is 5.91 Å². The average Bonchev–Trinajstić information content (AvgIpc) is 2.55. The molecule has 0 fully saturated rings. The monoisotopic (exact) mass is 306 g/mol. The van der Waals surface area contributed by atoms with Gasteiger partial charge in [-0.15, -0.1) is 11.6 Å². The van der Waals surface area contributed by atoms with Gasteiger partial charge in [-0.05, 0) is 28.4 Å². The van der Waals surface area contributed by atoms with Gasteiger partial charge in [-0.2, -0.15) is 0 Å². The lowest BCUT2D eigenvalue weighted by Crippen LogP contribution is -2.36. The van der Waals surface area contributed by atoms with Crippen molar-refractivity contribution in [3.63, 3.8) is 0 Å². The molecule has 1 N–H and O–H groups in total. The van der Waals surface area contributed by atoms with Gasteiger partial charge < -0.3 is 9.88 Å². The van der Waals surface area contributed by atoms with Gasteiger partial charge in [0.15, 0.2) is 0 Å². The van der Waals surface area contributed by atoms with Crippen LogP contribution in [0.1, 0.15) is 35.6 Å². The van der Waals surface area contributed by atoms with Gasteiger partial charge in [0.05, 0.1) is 5.88 Å². The van der Waals surface area contributed by atoms with Crippen LogP contribution >= 0.6 is 27.5 Å². The number of halogens is 2. The van der Waals surface area contributed by atoms with E-state index in [4.69, 9.17) is 11.6 Å². The van der Waals surface area contributed by atoms with E-state index in [1.54, 1.807) is 0 Å². The minimum Gasteiger partial charge on any atom is -0.349 e. The van der Waals surface area contributed by atoms with Crippen molar-refractivity contribution in [3.8, 4) is 0 Å². The fourth-order valence-electron chi connectivity index (χ4n) is 1.81. The molecule has 1 aromatic rings. The summed E-state index contributed by atoms with van der Waals surface area (Å²) in [5.41, 5.74) is 2.70. The predicted octanol–water partition coefficient (Wildman–Crippen LogP) is 3.07. The molecular formula is C11H16BrClN2O. The molecule has 1 aliphatic heterocycles. The van der Waals surface area contributed by atoms with Crippen LogP contribution in [0, 0.1) is 6.92 Å². The Bertz CT molecular complexity index is 401. The molecule has 0 spiro atoms. The summed E-state index contributed by atoms with van der Waals surface area (Å²) in [5.74, 6) is 0.417. The number of aromatic nitrogens is 1. The Morgan fingerprint density at radius 3 is 2.69 bits per heavy atom. The predicted molar refractivity (Wildman–Crippen MR) is 70.1 cm³/mol. The molecule has 3 nitrogen and oxygen atoms in total. The fraction of sp³-hybridized carbons (Fsp3) is 0.545. The largest absolute Gasteiger partial charge is 0.349 e. The van der Waals surface area contributed by atoms with Gasteiger partial charge >= 0.3 is 0 Å². The summed E-state index contributed by atoms with van der Waals surface area (Å²) in [6.07, 6.45) is 0. The van der Waals surface area contributed by atoms with E-state index in [2.05, 4.69) is 21.2 Å². The first kappa shape index (κ1) is 13.6. The third-order valence-corrected chi connectivity index (χ3v) is 3.80. The maximum absolute atomic E-state index is 11.6. The van der Waals surface area contributed by atoms with Crippen LogP contribution in [0.4, 0.5) is 0 Å². The quantitative estimate of drug-likeness (QED) is 0.795. The van der Waals surface area contributed by atoms with E-state index in [0.29, 0.717) is 12.4 Å². The topological polar surface area (TPSA) is 34.0 Å². The summed E-state index contributed by atoms with van der Waals surface area (Å²) in [5, 5.41) is 2.82. The second kappa shape index (κ2) is 5.73. The Balaban J connectivity index is 0.000000606. The smallest absolute Gasteiger partial charge is 0.268 e. The number of rotatable bonds is 1. The zero-order valence-corrected chi connectivity index (χ0v) is 12.1. The normalized spacial score (nSPS) is 13.7. The van der Waals surface area contributed by atoms with Crippen LogP contribution in [0.25, 0.3) is 0 Å². The molecule has 2 heterocycles. The van der Waals surface area contributed by atoms with Crippen LogP contribution in [0.5, 0.6) is 0 Å². The minimum atomic E-state index is -0.00850. The molecule has 0 saturated heterocycles. The highest BCUT2D eigenvalue weighted by Crippen LogP contribution is 2.30. The van der Waals surface area contributed by atoms with Gasteiger partial charge in [0.25, 0.3) is 5.91 Å². The van der Waals surface area contributed by atoms with E-state index in [1.165, 1.54) is 0 Å². The molecule has 0 bridgehead atoms. The van der Waals surface area contributed by atoms with Gasteiger partial charge in [-0.25, -0.2) is 0 Å². The van der Waals surface area contributed by atoms with Crippen molar-refractivity contribution in [3.05, 3.63) is 21.4 Å². The van der Waals surface area contributed by atoms with Crippen LogP contribution < -0.4 is 5.32 Å². The van der Waals surface area contributed by atoms with E-state index in [1.807, 2.05) is 25.3 Å². The zero-order chi connectivity index (χ0) is 12.3.